The summed E-state index contributed by atoms with van der Waals surface area (Å²) >= 11 is 0. The quantitative estimate of drug-likeness (QED) is 0.447. The normalized spacial score (nSPS) is 14.8. The molecule has 0 atom stereocenters. The van der Waals surface area contributed by atoms with E-state index < -0.39 is 5.97 Å². The number of hydrogen-bond donors (Lipinski definition) is 0. The highest BCUT2D eigenvalue weighted by atomic mass is 16.6. The smallest absolute Gasteiger partial charge is 0.363 e. The lowest BCUT2D eigenvalue weighted by molar-refractivity contribution is -0.137. The molecule has 0 aromatic heterocycles. The van der Waals surface area contributed by atoms with E-state index in [1.807, 2.05) is 31.2 Å². The standard InChI is InChI=1S/C22H21NO5/c1-13(2)21(24)27-19-12-15(9-10-18(19)26-4)11-17-22(25)28-20(23-17)16-8-6-5-7-14(16)3/h5-13H,1-4H3. The van der Waals surface area contributed by atoms with Crippen molar-refractivity contribution in [3.8, 4) is 11.5 Å². The molecule has 2 aromatic carbocycles. The Hall–Kier alpha value is -3.41. The highest BCUT2D eigenvalue weighted by Gasteiger charge is 2.25. The van der Waals surface area contributed by atoms with Crippen LogP contribution in [0.2, 0.25) is 0 Å². The molecule has 0 N–H and O–H groups in total. The zero-order chi connectivity index (χ0) is 20.3. The maximum Gasteiger partial charge on any atom is 0.363 e. The van der Waals surface area contributed by atoms with Crippen LogP contribution in [-0.4, -0.2) is 24.9 Å². The first-order valence-corrected chi connectivity index (χ1v) is 8.87. The SMILES string of the molecule is COc1ccc(C=C2N=C(c3ccccc3C)OC2=O)cc1OC(=O)C(C)C. The maximum absolute atomic E-state index is 12.2. The number of aryl methyl sites for hydroxylation is 1. The minimum atomic E-state index is -0.533. The number of rotatable bonds is 5. The number of aliphatic imine (C=N–C) groups is 1. The molecule has 0 saturated carbocycles. The number of esters is 2. The van der Waals surface area contributed by atoms with Crippen molar-refractivity contribution >= 4 is 23.9 Å². The fourth-order valence-electron chi connectivity index (χ4n) is 2.58. The lowest BCUT2D eigenvalue weighted by Gasteiger charge is -2.11. The number of carbonyl (C=O) groups is 2. The number of carbonyl (C=O) groups excluding carboxylic acids is 2. The highest BCUT2D eigenvalue weighted by molar-refractivity contribution is 6.13. The Kier molecular flexibility index (Phi) is 5.59. The van der Waals surface area contributed by atoms with Crippen LogP contribution in [0.1, 0.15) is 30.5 Å². The third-order valence-corrected chi connectivity index (χ3v) is 4.17. The first-order valence-electron chi connectivity index (χ1n) is 8.87. The average molecular weight is 379 g/mol. The zero-order valence-electron chi connectivity index (χ0n) is 16.2. The molecule has 1 heterocycles. The van der Waals surface area contributed by atoms with Crippen LogP contribution in [0.3, 0.4) is 0 Å². The second kappa shape index (κ2) is 8.08. The van der Waals surface area contributed by atoms with Crippen LogP contribution in [0.4, 0.5) is 0 Å². The van der Waals surface area contributed by atoms with Crippen molar-refractivity contribution in [1.82, 2.24) is 0 Å². The summed E-state index contributed by atoms with van der Waals surface area (Å²) in [6, 6.07) is 12.6. The van der Waals surface area contributed by atoms with E-state index in [2.05, 4.69) is 4.99 Å². The van der Waals surface area contributed by atoms with Crippen molar-refractivity contribution in [2.75, 3.05) is 7.11 Å². The molecule has 0 radical (unpaired) electrons. The number of hydrogen-bond acceptors (Lipinski definition) is 6. The van der Waals surface area contributed by atoms with Gasteiger partial charge in [0.15, 0.2) is 17.2 Å². The average Bonchev–Trinajstić information content (AvgIpc) is 3.02. The van der Waals surface area contributed by atoms with Gasteiger partial charge in [-0.3, -0.25) is 4.79 Å². The van der Waals surface area contributed by atoms with Crippen molar-refractivity contribution in [2.24, 2.45) is 10.9 Å². The van der Waals surface area contributed by atoms with Gasteiger partial charge in [-0.05, 0) is 42.3 Å². The number of ether oxygens (including phenoxy) is 3. The Bertz CT molecular complexity index is 988. The van der Waals surface area contributed by atoms with Crippen LogP contribution in [0, 0.1) is 12.8 Å². The molecular weight excluding hydrogens is 358 g/mol. The Balaban J connectivity index is 1.93. The van der Waals surface area contributed by atoms with Crippen molar-refractivity contribution < 1.29 is 23.8 Å². The van der Waals surface area contributed by atoms with Crippen molar-refractivity contribution in [3.63, 3.8) is 0 Å². The number of nitrogens with zero attached hydrogens (tertiary/aromatic N) is 1. The minimum absolute atomic E-state index is 0.171. The van der Waals surface area contributed by atoms with Crippen LogP contribution in [0.5, 0.6) is 11.5 Å². The van der Waals surface area contributed by atoms with Gasteiger partial charge in [-0.1, -0.05) is 38.1 Å². The highest BCUT2D eigenvalue weighted by Crippen LogP contribution is 2.30. The molecule has 0 bridgehead atoms. The summed E-state index contributed by atoms with van der Waals surface area (Å²) in [4.78, 5) is 28.5. The van der Waals surface area contributed by atoms with Crippen molar-refractivity contribution in [2.45, 2.75) is 20.8 Å². The molecule has 0 spiro atoms. The lowest BCUT2D eigenvalue weighted by Crippen LogP contribution is -2.15. The maximum atomic E-state index is 12.2. The van der Waals surface area contributed by atoms with E-state index in [4.69, 9.17) is 14.2 Å². The Morgan fingerprint density at radius 3 is 2.57 bits per heavy atom. The van der Waals surface area contributed by atoms with Gasteiger partial charge in [-0.2, -0.15) is 0 Å². The molecule has 1 aliphatic heterocycles. The van der Waals surface area contributed by atoms with Crippen molar-refractivity contribution in [3.05, 3.63) is 64.9 Å². The predicted molar refractivity (Wildman–Crippen MR) is 105 cm³/mol. The van der Waals surface area contributed by atoms with E-state index in [0.717, 1.165) is 11.1 Å². The molecule has 28 heavy (non-hydrogen) atoms. The summed E-state index contributed by atoms with van der Waals surface area (Å²) in [5, 5.41) is 0. The predicted octanol–water partition coefficient (Wildman–Crippen LogP) is 3.91. The monoisotopic (exact) mass is 379 g/mol. The van der Waals surface area contributed by atoms with Gasteiger partial charge in [0.05, 0.1) is 13.0 Å². The van der Waals surface area contributed by atoms with E-state index in [0.29, 0.717) is 11.3 Å². The number of methoxy groups -OCH3 is 1. The summed E-state index contributed by atoms with van der Waals surface area (Å²) in [5.41, 5.74) is 2.53. The molecule has 0 unspecified atom stereocenters. The van der Waals surface area contributed by atoms with Crippen LogP contribution in [0.15, 0.2) is 53.2 Å². The van der Waals surface area contributed by atoms with E-state index in [1.165, 1.54) is 7.11 Å². The van der Waals surface area contributed by atoms with Gasteiger partial charge in [-0.25, -0.2) is 9.79 Å². The first kappa shape index (κ1) is 19.4. The first-order chi connectivity index (χ1) is 13.4. The number of cyclic esters (lactones) is 1. The fraction of sp³-hybridized carbons (Fsp3) is 0.227. The summed E-state index contributed by atoms with van der Waals surface area (Å²) in [7, 11) is 1.49. The molecular formula is C22H21NO5. The number of benzene rings is 2. The van der Waals surface area contributed by atoms with Crippen LogP contribution < -0.4 is 9.47 Å². The van der Waals surface area contributed by atoms with Gasteiger partial charge < -0.3 is 14.2 Å². The van der Waals surface area contributed by atoms with E-state index in [-0.39, 0.29) is 29.2 Å². The minimum Gasteiger partial charge on any atom is -0.493 e. The van der Waals surface area contributed by atoms with Gasteiger partial charge in [-0.15, -0.1) is 0 Å². The summed E-state index contributed by atoms with van der Waals surface area (Å²) in [6.45, 7) is 5.42. The molecule has 1 aliphatic rings. The second-order valence-corrected chi connectivity index (χ2v) is 6.64. The van der Waals surface area contributed by atoms with E-state index in [9.17, 15) is 9.59 Å². The Morgan fingerprint density at radius 2 is 1.89 bits per heavy atom. The zero-order valence-corrected chi connectivity index (χ0v) is 16.2. The molecule has 6 heteroatoms. The van der Waals surface area contributed by atoms with Gasteiger partial charge in [0.2, 0.25) is 5.90 Å². The fourth-order valence-corrected chi connectivity index (χ4v) is 2.58. The molecule has 144 valence electrons. The van der Waals surface area contributed by atoms with Gasteiger partial charge in [0.1, 0.15) is 0 Å². The third kappa shape index (κ3) is 4.11. The third-order valence-electron chi connectivity index (χ3n) is 4.17. The summed E-state index contributed by atoms with van der Waals surface area (Å²) in [6.07, 6.45) is 1.58. The van der Waals surface area contributed by atoms with Crippen LogP contribution in [-0.2, 0) is 14.3 Å². The molecule has 6 nitrogen and oxygen atoms in total. The second-order valence-electron chi connectivity index (χ2n) is 6.64. The van der Waals surface area contributed by atoms with Gasteiger partial charge in [0.25, 0.3) is 0 Å². The van der Waals surface area contributed by atoms with Crippen LogP contribution in [0.25, 0.3) is 6.08 Å². The topological polar surface area (TPSA) is 74.2 Å². The Labute approximate surface area is 163 Å². The van der Waals surface area contributed by atoms with Crippen LogP contribution >= 0.6 is 0 Å². The summed E-state index contributed by atoms with van der Waals surface area (Å²) in [5.74, 6) is -0.204. The molecule has 2 aromatic rings. The largest absolute Gasteiger partial charge is 0.493 e. The molecule has 0 fully saturated rings. The van der Waals surface area contributed by atoms with Gasteiger partial charge >= 0.3 is 11.9 Å². The van der Waals surface area contributed by atoms with Gasteiger partial charge in [0, 0.05) is 5.56 Å². The Morgan fingerprint density at radius 1 is 1.14 bits per heavy atom. The molecule has 0 amide bonds. The lowest BCUT2D eigenvalue weighted by atomic mass is 10.1. The molecule has 3 rings (SSSR count). The summed E-state index contributed by atoms with van der Waals surface area (Å²) < 4.78 is 16.0. The van der Waals surface area contributed by atoms with Crippen molar-refractivity contribution in [1.29, 1.82) is 0 Å². The van der Waals surface area contributed by atoms with E-state index >= 15 is 0 Å². The molecule has 0 aliphatic carbocycles. The molecule has 0 saturated heterocycles. The van der Waals surface area contributed by atoms with E-state index in [1.54, 1.807) is 38.1 Å².